The van der Waals surface area contributed by atoms with E-state index in [1.54, 1.807) is 7.11 Å². The van der Waals surface area contributed by atoms with E-state index in [2.05, 4.69) is 19.2 Å². The normalized spacial score (nSPS) is 31.8. The molecule has 20 heavy (non-hydrogen) atoms. The van der Waals surface area contributed by atoms with Crippen LogP contribution in [-0.2, 0) is 10.8 Å². The maximum Gasteiger partial charge on any atom is 0.120 e. The first-order chi connectivity index (χ1) is 9.56. The second-order valence-corrected chi connectivity index (χ2v) is 7.50. The fourth-order valence-electron chi connectivity index (χ4n) is 3.35. The van der Waals surface area contributed by atoms with E-state index < -0.39 is 10.8 Å². The van der Waals surface area contributed by atoms with Gasteiger partial charge in [0.15, 0.2) is 0 Å². The van der Waals surface area contributed by atoms with Gasteiger partial charge in [-0.1, -0.05) is 19.9 Å². The molecule has 1 aliphatic carbocycles. The molecule has 5 unspecified atom stereocenters. The maximum atomic E-state index is 13.0. The van der Waals surface area contributed by atoms with Gasteiger partial charge in [-0.05, 0) is 49.9 Å². The number of benzene rings is 1. The molecule has 1 aromatic rings. The SMILES string of the molecule is CNC1CC(C)CC(C)C1S(=O)c1cccc(OC)c1. The Morgan fingerprint density at radius 1 is 1.30 bits per heavy atom. The van der Waals surface area contributed by atoms with Gasteiger partial charge in [0, 0.05) is 10.9 Å². The molecule has 0 aromatic heterocycles. The fourth-order valence-corrected chi connectivity index (χ4v) is 5.19. The van der Waals surface area contributed by atoms with Crippen LogP contribution >= 0.6 is 0 Å². The van der Waals surface area contributed by atoms with Crippen molar-refractivity contribution in [3.8, 4) is 5.75 Å². The van der Waals surface area contributed by atoms with Crippen molar-refractivity contribution in [1.82, 2.24) is 5.32 Å². The van der Waals surface area contributed by atoms with Crippen LogP contribution in [0.1, 0.15) is 26.7 Å². The number of nitrogens with one attached hydrogen (secondary N) is 1. The lowest BCUT2D eigenvalue weighted by atomic mass is 9.80. The maximum absolute atomic E-state index is 13.0. The molecule has 2 rings (SSSR count). The van der Waals surface area contributed by atoms with E-state index >= 15 is 0 Å². The number of hydrogen-bond donors (Lipinski definition) is 1. The Morgan fingerprint density at radius 2 is 2.05 bits per heavy atom. The molecule has 0 bridgehead atoms. The lowest BCUT2D eigenvalue weighted by molar-refractivity contribution is 0.253. The summed E-state index contributed by atoms with van der Waals surface area (Å²) in [5.74, 6) is 1.93. The van der Waals surface area contributed by atoms with E-state index in [0.717, 1.165) is 23.5 Å². The zero-order valence-electron chi connectivity index (χ0n) is 12.8. The van der Waals surface area contributed by atoms with Gasteiger partial charge in [-0.25, -0.2) is 0 Å². The largest absolute Gasteiger partial charge is 0.497 e. The fraction of sp³-hybridized carbons (Fsp3) is 0.625. The van der Waals surface area contributed by atoms with Crippen LogP contribution in [0.4, 0.5) is 0 Å². The molecule has 0 radical (unpaired) electrons. The summed E-state index contributed by atoms with van der Waals surface area (Å²) in [4.78, 5) is 0.871. The summed E-state index contributed by atoms with van der Waals surface area (Å²) >= 11 is 0. The zero-order valence-corrected chi connectivity index (χ0v) is 13.6. The van der Waals surface area contributed by atoms with Crippen LogP contribution in [0, 0.1) is 11.8 Å². The van der Waals surface area contributed by atoms with Crippen LogP contribution in [0.5, 0.6) is 5.75 Å². The Morgan fingerprint density at radius 3 is 2.70 bits per heavy atom. The molecule has 0 aliphatic heterocycles. The van der Waals surface area contributed by atoms with Crippen molar-refractivity contribution in [1.29, 1.82) is 0 Å². The Labute approximate surface area is 124 Å². The molecule has 5 atom stereocenters. The molecule has 0 saturated heterocycles. The molecule has 4 heteroatoms. The highest BCUT2D eigenvalue weighted by atomic mass is 32.2. The van der Waals surface area contributed by atoms with Crippen molar-refractivity contribution in [2.45, 2.75) is 42.9 Å². The molecule has 3 nitrogen and oxygen atoms in total. The third-order valence-corrected chi connectivity index (χ3v) is 6.29. The number of ether oxygens (including phenoxy) is 1. The molecule has 112 valence electrons. The Kier molecular flexibility index (Phi) is 5.22. The van der Waals surface area contributed by atoms with Crippen molar-refractivity contribution >= 4 is 10.8 Å². The minimum Gasteiger partial charge on any atom is -0.497 e. The Balaban J connectivity index is 2.25. The van der Waals surface area contributed by atoms with Crippen molar-refractivity contribution in [3.63, 3.8) is 0 Å². The molecule has 0 amide bonds. The predicted octanol–water partition coefficient (Wildman–Crippen LogP) is 2.83. The smallest absolute Gasteiger partial charge is 0.120 e. The molecular weight excluding hydrogens is 270 g/mol. The highest BCUT2D eigenvalue weighted by Crippen LogP contribution is 2.34. The van der Waals surface area contributed by atoms with Crippen LogP contribution < -0.4 is 10.1 Å². The molecule has 0 spiro atoms. The molecule has 0 heterocycles. The van der Waals surface area contributed by atoms with Crippen LogP contribution in [0.2, 0.25) is 0 Å². The monoisotopic (exact) mass is 295 g/mol. The summed E-state index contributed by atoms with van der Waals surface area (Å²) in [6.07, 6.45) is 2.25. The minimum atomic E-state index is -0.999. The van der Waals surface area contributed by atoms with Gasteiger partial charge < -0.3 is 10.1 Å². The van der Waals surface area contributed by atoms with Gasteiger partial charge in [0.1, 0.15) is 5.75 Å². The van der Waals surface area contributed by atoms with Gasteiger partial charge in [0.25, 0.3) is 0 Å². The summed E-state index contributed by atoms with van der Waals surface area (Å²) < 4.78 is 18.2. The molecule has 1 aliphatic rings. The number of methoxy groups -OCH3 is 1. The highest BCUT2D eigenvalue weighted by molar-refractivity contribution is 7.85. The lowest BCUT2D eigenvalue weighted by Crippen LogP contribution is -2.48. The van der Waals surface area contributed by atoms with Crippen LogP contribution in [0.25, 0.3) is 0 Å². The Hall–Kier alpha value is -0.870. The van der Waals surface area contributed by atoms with Crippen molar-refractivity contribution in [2.24, 2.45) is 11.8 Å². The van der Waals surface area contributed by atoms with Gasteiger partial charge in [-0.15, -0.1) is 0 Å². The number of hydrogen-bond acceptors (Lipinski definition) is 3. The van der Waals surface area contributed by atoms with Crippen molar-refractivity contribution < 1.29 is 8.95 Å². The van der Waals surface area contributed by atoms with Crippen LogP contribution in [-0.4, -0.2) is 29.7 Å². The van der Waals surface area contributed by atoms with E-state index in [0.29, 0.717) is 17.9 Å². The quantitative estimate of drug-likeness (QED) is 0.928. The molecule has 1 N–H and O–H groups in total. The van der Waals surface area contributed by atoms with Crippen molar-refractivity contribution in [2.75, 3.05) is 14.2 Å². The third-order valence-electron chi connectivity index (χ3n) is 4.28. The first-order valence-electron chi connectivity index (χ1n) is 7.28. The highest BCUT2D eigenvalue weighted by Gasteiger charge is 2.37. The summed E-state index contributed by atoms with van der Waals surface area (Å²) in [5, 5.41) is 3.54. The van der Waals surface area contributed by atoms with Gasteiger partial charge in [0.05, 0.1) is 23.2 Å². The number of rotatable bonds is 4. The molecular formula is C16H25NO2S. The lowest BCUT2D eigenvalue weighted by Gasteiger charge is -2.38. The van der Waals surface area contributed by atoms with Gasteiger partial charge in [-0.2, -0.15) is 0 Å². The summed E-state index contributed by atoms with van der Waals surface area (Å²) in [6.45, 7) is 4.51. The standard InChI is InChI=1S/C16H25NO2S/c1-11-8-12(2)16(15(9-11)17-3)20(18)14-7-5-6-13(10-14)19-4/h5-7,10-12,15-17H,8-9H2,1-4H3. The first kappa shape index (κ1) is 15.5. The second kappa shape index (κ2) is 6.72. The average molecular weight is 295 g/mol. The molecule has 1 aromatic carbocycles. The second-order valence-electron chi connectivity index (χ2n) is 5.89. The van der Waals surface area contributed by atoms with Crippen LogP contribution in [0.3, 0.4) is 0 Å². The van der Waals surface area contributed by atoms with Crippen LogP contribution in [0.15, 0.2) is 29.2 Å². The summed E-state index contributed by atoms with van der Waals surface area (Å²) in [5.41, 5.74) is 0. The van der Waals surface area contributed by atoms with Gasteiger partial charge in [0.2, 0.25) is 0 Å². The molecule has 1 saturated carbocycles. The minimum absolute atomic E-state index is 0.170. The average Bonchev–Trinajstić information content (AvgIpc) is 2.45. The Bertz CT molecular complexity index is 477. The molecule has 1 fully saturated rings. The van der Waals surface area contributed by atoms with E-state index in [-0.39, 0.29) is 5.25 Å². The van der Waals surface area contributed by atoms with Crippen molar-refractivity contribution in [3.05, 3.63) is 24.3 Å². The summed E-state index contributed by atoms with van der Waals surface area (Å²) in [6, 6.07) is 7.96. The van der Waals surface area contributed by atoms with E-state index in [1.807, 2.05) is 31.3 Å². The van der Waals surface area contributed by atoms with E-state index in [1.165, 1.54) is 0 Å². The third kappa shape index (κ3) is 3.23. The van der Waals surface area contributed by atoms with Gasteiger partial charge >= 0.3 is 0 Å². The topological polar surface area (TPSA) is 38.3 Å². The first-order valence-corrected chi connectivity index (χ1v) is 8.50. The zero-order chi connectivity index (χ0) is 14.7. The van der Waals surface area contributed by atoms with E-state index in [9.17, 15) is 4.21 Å². The van der Waals surface area contributed by atoms with Gasteiger partial charge in [-0.3, -0.25) is 4.21 Å². The summed E-state index contributed by atoms with van der Waals surface area (Å²) in [7, 11) is 2.62. The van der Waals surface area contributed by atoms with E-state index in [4.69, 9.17) is 4.74 Å². The predicted molar refractivity (Wildman–Crippen MR) is 83.6 cm³/mol.